The van der Waals surface area contributed by atoms with Crippen molar-refractivity contribution in [2.75, 3.05) is 43.9 Å². The van der Waals surface area contributed by atoms with E-state index in [0.717, 1.165) is 42.3 Å². The van der Waals surface area contributed by atoms with Crippen molar-refractivity contribution in [3.05, 3.63) is 78.2 Å². The van der Waals surface area contributed by atoms with Gasteiger partial charge in [-0.2, -0.15) is 0 Å². The number of hydrogen-bond donors (Lipinski definition) is 2. The summed E-state index contributed by atoms with van der Waals surface area (Å²) in [6, 6.07) is 15.4. The molecule has 0 bridgehead atoms. The summed E-state index contributed by atoms with van der Waals surface area (Å²) in [4.78, 5) is 24.8. The third kappa shape index (κ3) is 6.04. The SMILES string of the molecule is CN1CCN(Sc2cccc(NC(=O)c3cccnc3NCc3ccncc3)c2)CC1. The quantitative estimate of drug-likeness (QED) is 0.551. The van der Waals surface area contributed by atoms with Gasteiger partial charge < -0.3 is 15.5 Å². The molecule has 8 heteroatoms. The fourth-order valence-corrected chi connectivity index (χ4v) is 4.24. The monoisotopic (exact) mass is 434 g/mol. The number of anilines is 2. The van der Waals surface area contributed by atoms with Crippen molar-refractivity contribution in [1.29, 1.82) is 0 Å². The number of rotatable bonds is 7. The maximum Gasteiger partial charge on any atom is 0.259 e. The standard InChI is InChI=1S/C23H26N6OS/c1-28-12-14-29(15-13-28)31-20-5-2-4-19(16-20)27-23(30)21-6-3-9-25-22(21)26-17-18-7-10-24-11-8-18/h2-11,16H,12-15,17H2,1H3,(H,25,26)(H,27,30). The van der Waals surface area contributed by atoms with Gasteiger partial charge in [-0.25, -0.2) is 9.29 Å². The summed E-state index contributed by atoms with van der Waals surface area (Å²) in [5.74, 6) is 0.367. The van der Waals surface area contributed by atoms with E-state index < -0.39 is 0 Å². The molecule has 3 aromatic rings. The molecule has 1 aliphatic rings. The lowest BCUT2D eigenvalue weighted by molar-refractivity contribution is 0.102. The Morgan fingerprint density at radius 2 is 1.84 bits per heavy atom. The third-order valence-electron chi connectivity index (χ3n) is 5.05. The van der Waals surface area contributed by atoms with Gasteiger partial charge in [0.25, 0.3) is 5.91 Å². The van der Waals surface area contributed by atoms with Crippen molar-refractivity contribution >= 4 is 29.4 Å². The first-order valence-electron chi connectivity index (χ1n) is 10.3. The smallest absolute Gasteiger partial charge is 0.259 e. The number of piperazine rings is 1. The van der Waals surface area contributed by atoms with Crippen LogP contribution in [0.15, 0.2) is 72.0 Å². The summed E-state index contributed by atoms with van der Waals surface area (Å²) in [7, 11) is 2.15. The molecule has 1 amide bonds. The molecule has 0 atom stereocenters. The normalized spacial score (nSPS) is 14.9. The van der Waals surface area contributed by atoms with Crippen molar-refractivity contribution in [2.24, 2.45) is 0 Å². The van der Waals surface area contributed by atoms with Crippen LogP contribution in [0.1, 0.15) is 15.9 Å². The Kier molecular flexibility index (Phi) is 7.14. The molecule has 0 aliphatic carbocycles. The van der Waals surface area contributed by atoms with Crippen LogP contribution in [0.2, 0.25) is 0 Å². The Morgan fingerprint density at radius 1 is 1.03 bits per heavy atom. The summed E-state index contributed by atoms with van der Waals surface area (Å²) < 4.78 is 2.36. The van der Waals surface area contributed by atoms with Crippen LogP contribution in [0.25, 0.3) is 0 Å². The first-order valence-corrected chi connectivity index (χ1v) is 11.1. The van der Waals surface area contributed by atoms with Crippen LogP contribution in [0.3, 0.4) is 0 Å². The second-order valence-electron chi connectivity index (χ2n) is 7.41. The minimum Gasteiger partial charge on any atom is -0.365 e. The summed E-state index contributed by atoms with van der Waals surface area (Å²) >= 11 is 1.74. The Morgan fingerprint density at radius 3 is 2.65 bits per heavy atom. The number of nitrogens with zero attached hydrogens (tertiary/aromatic N) is 4. The number of carbonyl (C=O) groups is 1. The molecule has 1 saturated heterocycles. The number of aromatic nitrogens is 2. The Labute approximate surface area is 187 Å². The van der Waals surface area contributed by atoms with Gasteiger partial charge in [0.1, 0.15) is 5.82 Å². The maximum atomic E-state index is 13.0. The highest BCUT2D eigenvalue weighted by atomic mass is 32.2. The predicted molar refractivity (Wildman–Crippen MR) is 125 cm³/mol. The Balaban J connectivity index is 1.40. The molecule has 1 aliphatic heterocycles. The minimum atomic E-state index is -0.188. The van der Waals surface area contributed by atoms with Crippen LogP contribution in [0.4, 0.5) is 11.5 Å². The van der Waals surface area contributed by atoms with Gasteiger partial charge in [0, 0.05) is 61.9 Å². The highest BCUT2D eigenvalue weighted by Crippen LogP contribution is 2.26. The van der Waals surface area contributed by atoms with Crippen molar-refractivity contribution < 1.29 is 4.79 Å². The predicted octanol–water partition coefficient (Wildman–Crippen LogP) is 3.60. The summed E-state index contributed by atoms with van der Waals surface area (Å²) in [6.07, 6.45) is 5.17. The summed E-state index contributed by atoms with van der Waals surface area (Å²) in [5, 5.41) is 6.26. The first kappa shape index (κ1) is 21.3. The van der Waals surface area contributed by atoms with Crippen LogP contribution in [0.5, 0.6) is 0 Å². The maximum absolute atomic E-state index is 13.0. The molecular formula is C23H26N6OS. The van der Waals surface area contributed by atoms with Gasteiger partial charge in [0.05, 0.1) is 5.56 Å². The lowest BCUT2D eigenvalue weighted by atomic mass is 10.2. The van der Waals surface area contributed by atoms with Crippen LogP contribution < -0.4 is 10.6 Å². The highest BCUT2D eigenvalue weighted by molar-refractivity contribution is 7.97. The van der Waals surface area contributed by atoms with Crippen LogP contribution in [-0.4, -0.2) is 58.3 Å². The van der Waals surface area contributed by atoms with Crippen LogP contribution in [0, 0.1) is 0 Å². The number of likely N-dealkylation sites (N-methyl/N-ethyl adjacent to an activating group) is 1. The molecule has 31 heavy (non-hydrogen) atoms. The number of hydrogen-bond acceptors (Lipinski definition) is 7. The van der Waals surface area contributed by atoms with Crippen molar-refractivity contribution in [3.8, 4) is 0 Å². The average molecular weight is 435 g/mol. The van der Waals surface area contributed by atoms with E-state index in [9.17, 15) is 4.79 Å². The zero-order valence-electron chi connectivity index (χ0n) is 17.5. The molecular weight excluding hydrogens is 408 g/mol. The molecule has 3 heterocycles. The van der Waals surface area contributed by atoms with E-state index in [2.05, 4.69) is 42.9 Å². The zero-order valence-corrected chi connectivity index (χ0v) is 18.3. The van der Waals surface area contributed by atoms with E-state index in [4.69, 9.17) is 0 Å². The number of pyridine rings is 2. The molecule has 2 aromatic heterocycles. The van der Waals surface area contributed by atoms with E-state index in [1.165, 1.54) is 0 Å². The molecule has 1 fully saturated rings. The second kappa shape index (κ2) is 10.4. The molecule has 2 N–H and O–H groups in total. The molecule has 7 nitrogen and oxygen atoms in total. The third-order valence-corrected chi connectivity index (χ3v) is 6.14. The van der Waals surface area contributed by atoms with Crippen LogP contribution >= 0.6 is 11.9 Å². The van der Waals surface area contributed by atoms with Gasteiger partial charge in [0.2, 0.25) is 0 Å². The number of nitrogens with one attached hydrogen (secondary N) is 2. The van der Waals surface area contributed by atoms with Gasteiger partial charge in [-0.1, -0.05) is 6.07 Å². The van der Waals surface area contributed by atoms with E-state index in [1.54, 1.807) is 42.7 Å². The van der Waals surface area contributed by atoms with E-state index in [-0.39, 0.29) is 5.91 Å². The molecule has 1 aromatic carbocycles. The van der Waals surface area contributed by atoms with Crippen molar-refractivity contribution in [1.82, 2.24) is 19.2 Å². The van der Waals surface area contributed by atoms with Gasteiger partial charge in [-0.05, 0) is 67.0 Å². The van der Waals surface area contributed by atoms with Gasteiger partial charge >= 0.3 is 0 Å². The first-order chi connectivity index (χ1) is 15.2. The summed E-state index contributed by atoms with van der Waals surface area (Å²) in [5.41, 5.74) is 2.35. The van der Waals surface area contributed by atoms with Gasteiger partial charge in [0.15, 0.2) is 0 Å². The fraction of sp³-hybridized carbons (Fsp3) is 0.261. The molecule has 0 unspecified atom stereocenters. The summed E-state index contributed by atoms with van der Waals surface area (Å²) in [6.45, 7) is 4.76. The molecule has 0 spiro atoms. The van der Waals surface area contributed by atoms with Crippen LogP contribution in [-0.2, 0) is 6.54 Å². The van der Waals surface area contributed by atoms with Crippen molar-refractivity contribution in [2.45, 2.75) is 11.4 Å². The second-order valence-corrected chi connectivity index (χ2v) is 8.58. The highest BCUT2D eigenvalue weighted by Gasteiger charge is 2.16. The largest absolute Gasteiger partial charge is 0.365 e. The van der Waals surface area contributed by atoms with E-state index in [1.807, 2.05) is 30.3 Å². The topological polar surface area (TPSA) is 73.4 Å². The Bertz CT molecular complexity index is 1010. The number of benzene rings is 1. The lowest BCUT2D eigenvalue weighted by Crippen LogP contribution is -2.40. The lowest BCUT2D eigenvalue weighted by Gasteiger charge is -2.31. The number of amides is 1. The minimum absolute atomic E-state index is 0.188. The fourth-order valence-electron chi connectivity index (χ4n) is 3.27. The molecule has 4 rings (SSSR count). The Hall–Kier alpha value is -2.94. The van der Waals surface area contributed by atoms with Crippen molar-refractivity contribution in [3.63, 3.8) is 0 Å². The molecule has 160 valence electrons. The number of carbonyl (C=O) groups excluding carboxylic acids is 1. The van der Waals surface area contributed by atoms with E-state index in [0.29, 0.717) is 17.9 Å². The van der Waals surface area contributed by atoms with Gasteiger partial charge in [-0.15, -0.1) is 0 Å². The average Bonchev–Trinajstić information content (AvgIpc) is 2.80. The van der Waals surface area contributed by atoms with E-state index >= 15 is 0 Å². The molecule has 0 radical (unpaired) electrons. The zero-order chi connectivity index (χ0) is 21.5. The van der Waals surface area contributed by atoms with Gasteiger partial charge in [-0.3, -0.25) is 9.78 Å². The molecule has 0 saturated carbocycles.